The molecule has 1 rings (SSSR count). The van der Waals surface area contributed by atoms with Crippen molar-refractivity contribution in [1.82, 2.24) is 5.32 Å². The van der Waals surface area contributed by atoms with E-state index in [1.807, 2.05) is 0 Å². The number of halogens is 1. The van der Waals surface area contributed by atoms with Crippen LogP contribution in [0.1, 0.15) is 6.42 Å². The summed E-state index contributed by atoms with van der Waals surface area (Å²) >= 11 is 5.75. The maximum atomic E-state index is 11.8. The van der Waals surface area contributed by atoms with E-state index in [1.54, 1.807) is 0 Å². The number of hydrogen-bond acceptors (Lipinski definition) is 4. The number of phenolic OH excluding ortho intramolecular Hbond substituents is 1. The number of phenols is 1. The zero-order valence-electron chi connectivity index (χ0n) is 10.6. The number of benzene rings is 1. The van der Waals surface area contributed by atoms with E-state index in [-0.39, 0.29) is 24.4 Å². The van der Waals surface area contributed by atoms with Gasteiger partial charge in [-0.05, 0) is 18.2 Å². The Morgan fingerprint density at radius 3 is 2.75 bits per heavy atom. The second-order valence-corrected chi connectivity index (χ2v) is 4.44. The smallest absolute Gasteiger partial charge is 0.321 e. The molecule has 0 bridgehead atoms. The standard InChI is InChI=1S/C13H15ClN2O4/c1-2-5-15-10(13(19)20)7-12(18)16-9-6-8(14)3-4-11(9)17/h2-4,6,10,15,17H,1,5,7H2,(H,16,18)(H,19,20)/t10-/m1/s1. The lowest BCUT2D eigenvalue weighted by molar-refractivity contribution is -0.140. The first-order valence-electron chi connectivity index (χ1n) is 5.79. The van der Waals surface area contributed by atoms with Crippen molar-refractivity contribution >= 4 is 29.2 Å². The molecule has 0 saturated carbocycles. The highest BCUT2D eigenvalue weighted by molar-refractivity contribution is 6.31. The van der Waals surface area contributed by atoms with Gasteiger partial charge in [-0.1, -0.05) is 17.7 Å². The largest absolute Gasteiger partial charge is 0.506 e. The molecule has 0 spiro atoms. The quantitative estimate of drug-likeness (QED) is 0.453. The predicted molar refractivity (Wildman–Crippen MR) is 76.0 cm³/mol. The molecule has 7 heteroatoms. The van der Waals surface area contributed by atoms with Gasteiger partial charge in [0.2, 0.25) is 5.91 Å². The third kappa shape index (κ3) is 4.91. The molecule has 0 radical (unpaired) electrons. The van der Waals surface area contributed by atoms with Gasteiger partial charge in [0.15, 0.2) is 0 Å². The Balaban J connectivity index is 2.67. The molecule has 6 nitrogen and oxygen atoms in total. The topological polar surface area (TPSA) is 98.7 Å². The van der Waals surface area contributed by atoms with E-state index in [2.05, 4.69) is 17.2 Å². The minimum absolute atomic E-state index is 0.135. The molecule has 1 aromatic carbocycles. The summed E-state index contributed by atoms with van der Waals surface area (Å²) in [6, 6.07) is 3.15. The average Bonchev–Trinajstić information content (AvgIpc) is 2.38. The summed E-state index contributed by atoms with van der Waals surface area (Å²) in [5.41, 5.74) is 0.135. The van der Waals surface area contributed by atoms with Crippen LogP contribution in [0, 0.1) is 0 Å². The lowest BCUT2D eigenvalue weighted by atomic mass is 10.2. The molecule has 0 aliphatic carbocycles. The Bertz CT molecular complexity index is 519. The number of hydrogen-bond donors (Lipinski definition) is 4. The van der Waals surface area contributed by atoms with E-state index < -0.39 is 17.9 Å². The molecule has 0 fully saturated rings. The van der Waals surface area contributed by atoms with Crippen LogP contribution in [0.15, 0.2) is 30.9 Å². The van der Waals surface area contributed by atoms with E-state index in [0.717, 1.165) is 0 Å². The van der Waals surface area contributed by atoms with Crippen LogP contribution >= 0.6 is 11.6 Å². The van der Waals surface area contributed by atoms with Crippen molar-refractivity contribution < 1.29 is 19.8 Å². The predicted octanol–water partition coefficient (Wildman–Crippen LogP) is 1.60. The number of carboxylic acid groups (broad SMARTS) is 1. The number of rotatable bonds is 7. The minimum atomic E-state index is -1.14. The summed E-state index contributed by atoms with van der Waals surface area (Å²) in [7, 11) is 0. The van der Waals surface area contributed by atoms with Gasteiger partial charge >= 0.3 is 5.97 Å². The van der Waals surface area contributed by atoms with Gasteiger partial charge in [-0.2, -0.15) is 0 Å². The monoisotopic (exact) mass is 298 g/mol. The van der Waals surface area contributed by atoms with Crippen molar-refractivity contribution in [3.05, 3.63) is 35.9 Å². The Kier molecular flexibility index (Phi) is 6.02. The molecule has 1 aromatic rings. The molecular weight excluding hydrogens is 284 g/mol. The van der Waals surface area contributed by atoms with Crippen molar-refractivity contribution in [2.24, 2.45) is 0 Å². The van der Waals surface area contributed by atoms with E-state index in [4.69, 9.17) is 16.7 Å². The van der Waals surface area contributed by atoms with Crippen LogP contribution in [-0.2, 0) is 9.59 Å². The maximum absolute atomic E-state index is 11.8. The summed E-state index contributed by atoms with van der Waals surface area (Å²) in [6.45, 7) is 3.73. The van der Waals surface area contributed by atoms with Crippen molar-refractivity contribution in [2.75, 3.05) is 11.9 Å². The van der Waals surface area contributed by atoms with Crippen LogP contribution in [0.5, 0.6) is 5.75 Å². The highest BCUT2D eigenvalue weighted by Crippen LogP contribution is 2.26. The number of aliphatic carboxylic acids is 1. The summed E-state index contributed by atoms with van der Waals surface area (Å²) < 4.78 is 0. The van der Waals surface area contributed by atoms with Crippen LogP contribution < -0.4 is 10.6 Å². The van der Waals surface area contributed by atoms with Crippen LogP contribution in [0.4, 0.5) is 5.69 Å². The number of carbonyl (C=O) groups excluding carboxylic acids is 1. The first kappa shape index (κ1) is 16.0. The molecule has 4 N–H and O–H groups in total. The van der Waals surface area contributed by atoms with E-state index >= 15 is 0 Å². The third-order valence-electron chi connectivity index (χ3n) is 2.43. The fourth-order valence-corrected chi connectivity index (χ4v) is 1.64. The SMILES string of the molecule is C=CCN[C@H](CC(=O)Nc1cc(Cl)ccc1O)C(=O)O. The summed E-state index contributed by atoms with van der Waals surface area (Å²) in [5, 5.41) is 23.9. The summed E-state index contributed by atoms with van der Waals surface area (Å²) in [6.07, 6.45) is 1.21. The van der Waals surface area contributed by atoms with Gasteiger partial charge in [0, 0.05) is 11.6 Å². The lowest BCUT2D eigenvalue weighted by Crippen LogP contribution is -2.39. The molecular formula is C13H15ClN2O4. The Morgan fingerprint density at radius 1 is 1.45 bits per heavy atom. The molecule has 1 amide bonds. The number of nitrogens with one attached hydrogen (secondary N) is 2. The first-order chi connectivity index (χ1) is 9.43. The maximum Gasteiger partial charge on any atom is 0.321 e. The highest BCUT2D eigenvalue weighted by atomic mass is 35.5. The zero-order valence-corrected chi connectivity index (χ0v) is 11.4. The molecule has 0 heterocycles. The van der Waals surface area contributed by atoms with Crippen LogP contribution in [0.25, 0.3) is 0 Å². The molecule has 0 unspecified atom stereocenters. The van der Waals surface area contributed by atoms with Gasteiger partial charge in [-0.3, -0.25) is 9.59 Å². The van der Waals surface area contributed by atoms with Crippen LogP contribution in [-0.4, -0.2) is 34.7 Å². The van der Waals surface area contributed by atoms with Crippen LogP contribution in [0.2, 0.25) is 5.02 Å². The minimum Gasteiger partial charge on any atom is -0.506 e. The average molecular weight is 299 g/mol. The van der Waals surface area contributed by atoms with Gasteiger partial charge in [0.05, 0.1) is 12.1 Å². The van der Waals surface area contributed by atoms with Gasteiger partial charge in [0.1, 0.15) is 11.8 Å². The third-order valence-corrected chi connectivity index (χ3v) is 2.66. The lowest BCUT2D eigenvalue weighted by Gasteiger charge is -2.13. The molecule has 1 atom stereocenters. The van der Waals surface area contributed by atoms with Crippen molar-refractivity contribution in [3.8, 4) is 5.75 Å². The number of amides is 1. The van der Waals surface area contributed by atoms with Gasteiger partial charge in [-0.15, -0.1) is 6.58 Å². The van der Waals surface area contributed by atoms with Crippen LogP contribution in [0.3, 0.4) is 0 Å². The normalized spacial score (nSPS) is 11.7. The Morgan fingerprint density at radius 2 is 2.15 bits per heavy atom. The second kappa shape index (κ2) is 7.52. The molecule has 0 saturated heterocycles. The molecule has 0 aliphatic rings. The number of anilines is 1. The van der Waals surface area contributed by atoms with E-state index in [0.29, 0.717) is 5.02 Å². The van der Waals surface area contributed by atoms with Gasteiger partial charge < -0.3 is 20.8 Å². The van der Waals surface area contributed by atoms with Gasteiger partial charge in [-0.25, -0.2) is 0 Å². The fourth-order valence-electron chi connectivity index (χ4n) is 1.47. The Labute approximate surface area is 121 Å². The second-order valence-electron chi connectivity index (χ2n) is 4.00. The first-order valence-corrected chi connectivity index (χ1v) is 6.17. The molecule has 0 aromatic heterocycles. The van der Waals surface area contributed by atoms with Crippen molar-refractivity contribution in [2.45, 2.75) is 12.5 Å². The molecule has 20 heavy (non-hydrogen) atoms. The summed E-state index contributed by atoms with van der Waals surface area (Å²) in [4.78, 5) is 22.7. The van der Waals surface area contributed by atoms with E-state index in [1.165, 1.54) is 24.3 Å². The van der Waals surface area contributed by atoms with Gasteiger partial charge in [0.25, 0.3) is 0 Å². The van der Waals surface area contributed by atoms with Crippen molar-refractivity contribution in [3.63, 3.8) is 0 Å². The number of carbonyl (C=O) groups is 2. The molecule has 108 valence electrons. The number of aromatic hydroxyl groups is 1. The Hall–Kier alpha value is -2.05. The zero-order chi connectivity index (χ0) is 15.1. The summed E-state index contributed by atoms with van der Waals surface area (Å²) in [5.74, 6) is -1.84. The fraction of sp³-hybridized carbons (Fsp3) is 0.231. The highest BCUT2D eigenvalue weighted by Gasteiger charge is 2.20. The van der Waals surface area contributed by atoms with Crippen molar-refractivity contribution in [1.29, 1.82) is 0 Å². The van der Waals surface area contributed by atoms with E-state index in [9.17, 15) is 14.7 Å². The number of carboxylic acids is 1. The molecule has 0 aliphatic heterocycles.